The van der Waals surface area contributed by atoms with E-state index in [4.69, 9.17) is 11.6 Å². The number of carbonyl (C=O) groups is 1. The summed E-state index contributed by atoms with van der Waals surface area (Å²) in [5.41, 5.74) is 4.32. The van der Waals surface area contributed by atoms with Gasteiger partial charge in [0.05, 0.1) is 21.2 Å². The Bertz CT molecular complexity index is 1380. The summed E-state index contributed by atoms with van der Waals surface area (Å²) in [5, 5.41) is 23.1. The molecule has 0 saturated carbocycles. The van der Waals surface area contributed by atoms with Gasteiger partial charge >= 0.3 is 0 Å². The summed E-state index contributed by atoms with van der Waals surface area (Å²) in [6, 6.07) is 15.3. The Labute approximate surface area is 201 Å². The van der Waals surface area contributed by atoms with Gasteiger partial charge in [-0.25, -0.2) is 0 Å². The zero-order valence-electron chi connectivity index (χ0n) is 18.9. The predicted molar refractivity (Wildman–Crippen MR) is 133 cm³/mol. The van der Waals surface area contributed by atoms with Crippen LogP contribution in [-0.2, 0) is 0 Å². The van der Waals surface area contributed by atoms with Gasteiger partial charge in [-0.3, -0.25) is 14.9 Å². The second-order valence-electron chi connectivity index (χ2n) is 7.71. The third kappa shape index (κ3) is 4.55. The maximum absolute atomic E-state index is 12.8. The Balaban J connectivity index is 1.62. The van der Waals surface area contributed by atoms with Crippen molar-refractivity contribution in [1.29, 1.82) is 0 Å². The molecule has 9 nitrogen and oxygen atoms in total. The van der Waals surface area contributed by atoms with Crippen LogP contribution >= 0.6 is 11.6 Å². The number of hydrogen-bond donors (Lipinski definition) is 1. The van der Waals surface area contributed by atoms with Crippen LogP contribution < -0.4 is 10.2 Å². The molecule has 1 heterocycles. The number of nitro benzene ring substituents is 1. The van der Waals surface area contributed by atoms with Gasteiger partial charge in [0, 0.05) is 36.6 Å². The molecule has 0 aliphatic carbocycles. The minimum Gasteiger partial charge on any atom is -0.372 e. The lowest BCUT2D eigenvalue weighted by Gasteiger charge is -2.20. The van der Waals surface area contributed by atoms with E-state index >= 15 is 0 Å². The van der Waals surface area contributed by atoms with Crippen molar-refractivity contribution in [3.8, 4) is 5.69 Å². The fourth-order valence-corrected chi connectivity index (χ4v) is 3.90. The van der Waals surface area contributed by atoms with Gasteiger partial charge in [-0.15, -0.1) is 10.2 Å². The second kappa shape index (κ2) is 9.48. The predicted octanol–water partition coefficient (Wildman–Crippen LogP) is 5.39. The first kappa shape index (κ1) is 23.2. The van der Waals surface area contributed by atoms with Crippen LogP contribution in [0.1, 0.15) is 29.8 Å². The summed E-state index contributed by atoms with van der Waals surface area (Å²) in [7, 11) is 0. The summed E-state index contributed by atoms with van der Waals surface area (Å²) in [6.07, 6.45) is 0. The molecule has 4 aromatic rings. The summed E-state index contributed by atoms with van der Waals surface area (Å²) in [5.74, 6) is -0.546. The van der Waals surface area contributed by atoms with E-state index in [2.05, 4.69) is 34.3 Å². The van der Waals surface area contributed by atoms with E-state index in [-0.39, 0.29) is 16.3 Å². The SMILES string of the molecule is CCN(CC)c1ccc(-n2nc3cc(C)c(NC(=O)c4cc([N+](=O)[O-])ccc4Cl)cc3n2)cc1. The smallest absolute Gasteiger partial charge is 0.270 e. The topological polar surface area (TPSA) is 106 Å². The average Bonchev–Trinajstić information content (AvgIpc) is 3.23. The van der Waals surface area contributed by atoms with E-state index in [0.717, 1.165) is 36.1 Å². The van der Waals surface area contributed by atoms with Crippen LogP contribution in [0.2, 0.25) is 5.02 Å². The Morgan fingerprint density at radius 3 is 2.32 bits per heavy atom. The lowest BCUT2D eigenvalue weighted by atomic mass is 10.1. The van der Waals surface area contributed by atoms with E-state index in [1.54, 1.807) is 10.9 Å². The number of aromatic nitrogens is 3. The van der Waals surface area contributed by atoms with Crippen molar-refractivity contribution >= 4 is 45.6 Å². The van der Waals surface area contributed by atoms with Crippen molar-refractivity contribution in [3.63, 3.8) is 0 Å². The van der Waals surface area contributed by atoms with E-state index in [0.29, 0.717) is 16.7 Å². The monoisotopic (exact) mass is 478 g/mol. The number of benzene rings is 3. The number of hydrogen-bond acceptors (Lipinski definition) is 6. The highest BCUT2D eigenvalue weighted by Crippen LogP contribution is 2.26. The molecule has 0 bridgehead atoms. The number of rotatable bonds is 7. The highest BCUT2D eigenvalue weighted by Gasteiger charge is 2.18. The zero-order valence-corrected chi connectivity index (χ0v) is 19.7. The number of aryl methyl sites for hydroxylation is 1. The molecule has 0 fully saturated rings. The van der Waals surface area contributed by atoms with Crippen LogP contribution in [0.15, 0.2) is 54.6 Å². The standard InChI is InChI=1S/C24H23ClN6O3/c1-4-29(5-2)16-6-8-17(9-7-16)30-27-22-12-15(3)21(14-23(22)28-30)26-24(32)19-13-18(31(33)34)10-11-20(19)25/h6-14H,4-5H2,1-3H3,(H,26,32). The van der Waals surface area contributed by atoms with Crippen LogP contribution in [0.5, 0.6) is 0 Å². The molecule has 174 valence electrons. The van der Waals surface area contributed by atoms with Crippen molar-refractivity contribution in [2.45, 2.75) is 20.8 Å². The number of anilines is 2. The van der Waals surface area contributed by atoms with Gasteiger partial charge in [-0.05, 0) is 68.8 Å². The molecule has 0 aliphatic rings. The van der Waals surface area contributed by atoms with Gasteiger partial charge < -0.3 is 10.2 Å². The van der Waals surface area contributed by atoms with Gasteiger partial charge in [-0.1, -0.05) is 11.6 Å². The maximum Gasteiger partial charge on any atom is 0.270 e. The van der Waals surface area contributed by atoms with Gasteiger partial charge in [0.15, 0.2) is 0 Å². The second-order valence-corrected chi connectivity index (χ2v) is 8.12. The number of carbonyl (C=O) groups excluding carboxylic acids is 1. The third-order valence-electron chi connectivity index (χ3n) is 5.59. The maximum atomic E-state index is 12.8. The van der Waals surface area contributed by atoms with Gasteiger partial charge in [0.2, 0.25) is 0 Å². The zero-order chi connectivity index (χ0) is 24.4. The van der Waals surface area contributed by atoms with Crippen LogP contribution in [-0.4, -0.2) is 38.9 Å². The number of halogens is 1. The number of amides is 1. The molecular weight excluding hydrogens is 456 g/mol. The minimum atomic E-state index is -0.572. The highest BCUT2D eigenvalue weighted by molar-refractivity contribution is 6.34. The lowest BCUT2D eigenvalue weighted by molar-refractivity contribution is -0.384. The van der Waals surface area contributed by atoms with Crippen LogP contribution in [0.3, 0.4) is 0 Å². The van der Waals surface area contributed by atoms with E-state index in [1.165, 1.54) is 12.1 Å². The summed E-state index contributed by atoms with van der Waals surface area (Å²) >= 11 is 6.10. The minimum absolute atomic E-state index is 0.0207. The molecule has 0 saturated heterocycles. The molecule has 0 aliphatic heterocycles. The summed E-state index contributed by atoms with van der Waals surface area (Å²) in [4.78, 5) is 27.1. The highest BCUT2D eigenvalue weighted by atomic mass is 35.5. The van der Waals surface area contributed by atoms with Gasteiger partial charge in [0.25, 0.3) is 11.6 Å². The molecule has 0 radical (unpaired) electrons. The Kier molecular flexibility index (Phi) is 6.47. The van der Waals surface area contributed by atoms with Crippen molar-refractivity contribution in [2.75, 3.05) is 23.3 Å². The number of nitrogens with zero attached hydrogens (tertiary/aromatic N) is 5. The van der Waals surface area contributed by atoms with Crippen molar-refractivity contribution in [3.05, 3.63) is 80.9 Å². The number of non-ortho nitro benzene ring substituents is 1. The van der Waals surface area contributed by atoms with E-state index in [1.807, 2.05) is 37.3 Å². The van der Waals surface area contributed by atoms with Crippen LogP contribution in [0.4, 0.5) is 17.1 Å². The molecule has 0 atom stereocenters. The van der Waals surface area contributed by atoms with Crippen molar-refractivity contribution < 1.29 is 9.72 Å². The lowest BCUT2D eigenvalue weighted by Crippen LogP contribution is -2.21. The Hall–Kier alpha value is -3.98. The largest absolute Gasteiger partial charge is 0.372 e. The quantitative estimate of drug-likeness (QED) is 0.282. The molecular formula is C24H23ClN6O3. The average molecular weight is 479 g/mol. The third-order valence-corrected chi connectivity index (χ3v) is 5.92. The fraction of sp³-hybridized carbons (Fsp3) is 0.208. The van der Waals surface area contributed by atoms with E-state index < -0.39 is 10.8 Å². The molecule has 0 spiro atoms. The normalized spacial score (nSPS) is 10.9. The molecule has 10 heteroatoms. The van der Waals surface area contributed by atoms with Crippen LogP contribution in [0, 0.1) is 17.0 Å². The van der Waals surface area contributed by atoms with Crippen molar-refractivity contribution in [2.24, 2.45) is 0 Å². The molecule has 0 unspecified atom stereocenters. The molecule has 4 rings (SSSR count). The molecule has 34 heavy (non-hydrogen) atoms. The fourth-order valence-electron chi connectivity index (χ4n) is 3.69. The number of nitro groups is 1. The Morgan fingerprint density at radius 2 is 1.71 bits per heavy atom. The first-order valence-electron chi connectivity index (χ1n) is 10.8. The van der Waals surface area contributed by atoms with E-state index in [9.17, 15) is 14.9 Å². The summed E-state index contributed by atoms with van der Waals surface area (Å²) < 4.78 is 0. The molecule has 1 amide bonds. The molecule has 1 aromatic heterocycles. The van der Waals surface area contributed by atoms with Gasteiger partial charge in [0.1, 0.15) is 11.0 Å². The Morgan fingerprint density at radius 1 is 1.06 bits per heavy atom. The first-order valence-corrected chi connectivity index (χ1v) is 11.2. The first-order chi connectivity index (χ1) is 16.3. The molecule has 1 N–H and O–H groups in total. The van der Waals surface area contributed by atoms with Gasteiger partial charge in [-0.2, -0.15) is 4.80 Å². The number of fused-ring (bicyclic) bond motifs is 1. The number of nitrogens with one attached hydrogen (secondary N) is 1. The summed E-state index contributed by atoms with van der Waals surface area (Å²) in [6.45, 7) is 7.92. The van der Waals surface area contributed by atoms with Crippen LogP contribution in [0.25, 0.3) is 16.7 Å². The molecule has 3 aromatic carbocycles. The van der Waals surface area contributed by atoms with Crippen molar-refractivity contribution in [1.82, 2.24) is 15.0 Å².